The first-order valence-corrected chi connectivity index (χ1v) is 6.89. The summed E-state index contributed by atoms with van der Waals surface area (Å²) in [6, 6.07) is 7.23. The summed E-state index contributed by atoms with van der Waals surface area (Å²) < 4.78 is 5.14. The lowest BCUT2D eigenvalue weighted by Crippen LogP contribution is -2.27. The van der Waals surface area contributed by atoms with Gasteiger partial charge in [0.1, 0.15) is 11.4 Å². The molecule has 0 saturated heterocycles. The molecule has 2 aromatic rings. The number of ether oxygens (including phenoxy) is 1. The van der Waals surface area contributed by atoms with Gasteiger partial charge in [-0.3, -0.25) is 10.3 Å². The number of anilines is 2. The minimum absolute atomic E-state index is 0.337. The standard InChI is InChI=1S/C15H19N5O2/c1-15(2,3)22-14(21)18-13-5-4-12(19-20-13)17-10-11-6-8-16-9-7-11/h4-9H,10H2,1-3H3,(H,17,19)(H,18,20,21). The number of aromatic nitrogens is 3. The Morgan fingerprint density at radius 3 is 2.32 bits per heavy atom. The largest absolute Gasteiger partial charge is 0.444 e. The zero-order chi connectivity index (χ0) is 16.0. The van der Waals surface area contributed by atoms with E-state index in [2.05, 4.69) is 25.8 Å². The van der Waals surface area contributed by atoms with E-state index >= 15 is 0 Å². The first kappa shape index (κ1) is 15.7. The lowest BCUT2D eigenvalue weighted by molar-refractivity contribution is 0.0635. The monoisotopic (exact) mass is 301 g/mol. The Balaban J connectivity index is 1.86. The van der Waals surface area contributed by atoms with Gasteiger partial charge in [-0.25, -0.2) is 4.79 Å². The Morgan fingerprint density at radius 2 is 1.73 bits per heavy atom. The highest BCUT2D eigenvalue weighted by atomic mass is 16.6. The van der Waals surface area contributed by atoms with E-state index in [1.807, 2.05) is 12.1 Å². The quantitative estimate of drug-likeness (QED) is 0.902. The van der Waals surface area contributed by atoms with Gasteiger partial charge in [0.25, 0.3) is 0 Å². The predicted molar refractivity (Wildman–Crippen MR) is 83.5 cm³/mol. The van der Waals surface area contributed by atoms with E-state index in [0.29, 0.717) is 18.2 Å². The molecule has 2 aromatic heterocycles. The number of rotatable bonds is 4. The summed E-state index contributed by atoms with van der Waals surface area (Å²) in [6.45, 7) is 6.01. The Labute approximate surface area is 129 Å². The van der Waals surface area contributed by atoms with E-state index in [0.717, 1.165) is 5.56 Å². The summed E-state index contributed by atoms with van der Waals surface area (Å²) in [4.78, 5) is 15.6. The molecule has 22 heavy (non-hydrogen) atoms. The van der Waals surface area contributed by atoms with Crippen LogP contribution in [0.25, 0.3) is 0 Å². The molecule has 0 radical (unpaired) electrons. The highest BCUT2D eigenvalue weighted by Gasteiger charge is 2.16. The molecule has 0 aliphatic rings. The SMILES string of the molecule is CC(C)(C)OC(=O)Nc1ccc(NCc2ccncc2)nn1. The summed E-state index contributed by atoms with van der Waals surface area (Å²) in [5, 5.41) is 13.6. The molecule has 0 unspecified atom stereocenters. The third-order valence-electron chi connectivity index (χ3n) is 2.52. The topological polar surface area (TPSA) is 89.0 Å². The highest BCUT2D eigenvalue weighted by molar-refractivity contribution is 5.83. The van der Waals surface area contributed by atoms with E-state index in [1.54, 1.807) is 45.3 Å². The first-order valence-electron chi connectivity index (χ1n) is 6.89. The number of nitrogens with zero attached hydrogens (tertiary/aromatic N) is 3. The molecule has 2 heterocycles. The number of hydrogen-bond acceptors (Lipinski definition) is 6. The van der Waals surface area contributed by atoms with Crippen molar-refractivity contribution in [1.29, 1.82) is 0 Å². The van der Waals surface area contributed by atoms with Crippen molar-refractivity contribution in [1.82, 2.24) is 15.2 Å². The van der Waals surface area contributed by atoms with Crippen LogP contribution in [0, 0.1) is 0 Å². The summed E-state index contributed by atoms with van der Waals surface area (Å²) in [7, 11) is 0. The van der Waals surface area contributed by atoms with Gasteiger partial charge in [0.15, 0.2) is 5.82 Å². The van der Waals surface area contributed by atoms with Crippen LogP contribution in [0.4, 0.5) is 16.4 Å². The molecule has 2 rings (SSSR count). The van der Waals surface area contributed by atoms with Crippen LogP contribution in [-0.4, -0.2) is 26.9 Å². The minimum atomic E-state index is -0.556. The second-order valence-corrected chi connectivity index (χ2v) is 5.64. The summed E-state index contributed by atoms with van der Waals surface area (Å²) >= 11 is 0. The van der Waals surface area contributed by atoms with E-state index in [1.165, 1.54) is 0 Å². The molecule has 0 fully saturated rings. The Kier molecular flexibility index (Phi) is 4.88. The lowest BCUT2D eigenvalue weighted by atomic mass is 10.2. The van der Waals surface area contributed by atoms with Gasteiger partial charge in [0.2, 0.25) is 0 Å². The fourth-order valence-corrected chi connectivity index (χ4v) is 1.59. The van der Waals surface area contributed by atoms with Gasteiger partial charge in [-0.2, -0.15) is 0 Å². The molecule has 7 nitrogen and oxygen atoms in total. The van der Waals surface area contributed by atoms with Crippen LogP contribution >= 0.6 is 0 Å². The lowest BCUT2D eigenvalue weighted by Gasteiger charge is -2.19. The number of pyridine rings is 1. The minimum Gasteiger partial charge on any atom is -0.444 e. The summed E-state index contributed by atoms with van der Waals surface area (Å²) in [5.41, 5.74) is 0.538. The van der Waals surface area contributed by atoms with Gasteiger partial charge in [-0.05, 0) is 50.6 Å². The molecule has 2 N–H and O–H groups in total. The van der Waals surface area contributed by atoms with Gasteiger partial charge in [0, 0.05) is 18.9 Å². The maximum absolute atomic E-state index is 11.6. The van der Waals surface area contributed by atoms with Crippen LogP contribution < -0.4 is 10.6 Å². The molecule has 0 aliphatic carbocycles. The third kappa shape index (κ3) is 5.35. The van der Waals surface area contributed by atoms with Crippen molar-refractivity contribution < 1.29 is 9.53 Å². The molecule has 1 amide bonds. The smallest absolute Gasteiger partial charge is 0.413 e. The van der Waals surface area contributed by atoms with Gasteiger partial charge < -0.3 is 10.1 Å². The predicted octanol–water partition coefficient (Wildman–Crippen LogP) is 2.83. The molecular formula is C15H19N5O2. The van der Waals surface area contributed by atoms with Crippen molar-refractivity contribution in [2.24, 2.45) is 0 Å². The normalized spacial score (nSPS) is 10.9. The molecular weight excluding hydrogens is 282 g/mol. The van der Waals surface area contributed by atoms with Crippen molar-refractivity contribution in [3.05, 3.63) is 42.2 Å². The van der Waals surface area contributed by atoms with Crippen LogP contribution in [0.1, 0.15) is 26.3 Å². The van der Waals surface area contributed by atoms with Crippen LogP contribution in [0.2, 0.25) is 0 Å². The maximum Gasteiger partial charge on any atom is 0.413 e. The molecule has 0 bridgehead atoms. The number of carbonyl (C=O) groups is 1. The van der Waals surface area contributed by atoms with Crippen LogP contribution in [0.3, 0.4) is 0 Å². The number of hydrogen-bond donors (Lipinski definition) is 2. The van der Waals surface area contributed by atoms with Crippen LogP contribution in [-0.2, 0) is 11.3 Å². The maximum atomic E-state index is 11.6. The second kappa shape index (κ2) is 6.84. The Morgan fingerprint density at radius 1 is 1.09 bits per heavy atom. The van der Waals surface area contributed by atoms with E-state index in [-0.39, 0.29) is 0 Å². The Bertz CT molecular complexity index is 608. The fourth-order valence-electron chi connectivity index (χ4n) is 1.59. The molecule has 0 saturated carbocycles. The van der Waals surface area contributed by atoms with Crippen molar-refractivity contribution in [2.75, 3.05) is 10.6 Å². The second-order valence-electron chi connectivity index (χ2n) is 5.64. The van der Waals surface area contributed by atoms with Crippen LogP contribution in [0.5, 0.6) is 0 Å². The van der Waals surface area contributed by atoms with Crippen molar-refractivity contribution >= 4 is 17.7 Å². The average molecular weight is 301 g/mol. The van der Waals surface area contributed by atoms with Crippen molar-refractivity contribution in [3.8, 4) is 0 Å². The zero-order valence-corrected chi connectivity index (χ0v) is 12.8. The van der Waals surface area contributed by atoms with E-state index < -0.39 is 11.7 Å². The Hall–Kier alpha value is -2.70. The molecule has 0 atom stereocenters. The molecule has 0 spiro atoms. The highest BCUT2D eigenvalue weighted by Crippen LogP contribution is 2.11. The fraction of sp³-hybridized carbons (Fsp3) is 0.333. The average Bonchev–Trinajstić information content (AvgIpc) is 2.45. The first-order chi connectivity index (χ1) is 10.4. The van der Waals surface area contributed by atoms with Gasteiger partial charge in [-0.15, -0.1) is 10.2 Å². The number of carbonyl (C=O) groups excluding carboxylic acids is 1. The van der Waals surface area contributed by atoms with Crippen molar-refractivity contribution in [3.63, 3.8) is 0 Å². The number of nitrogens with one attached hydrogen (secondary N) is 2. The molecule has 116 valence electrons. The summed E-state index contributed by atoms with van der Waals surface area (Å²) in [6.07, 6.45) is 2.91. The van der Waals surface area contributed by atoms with E-state index in [9.17, 15) is 4.79 Å². The van der Waals surface area contributed by atoms with E-state index in [4.69, 9.17) is 4.74 Å². The van der Waals surface area contributed by atoms with Crippen LogP contribution in [0.15, 0.2) is 36.7 Å². The van der Waals surface area contributed by atoms with Gasteiger partial charge in [-0.1, -0.05) is 0 Å². The molecule has 0 aliphatic heterocycles. The molecule has 0 aromatic carbocycles. The molecule has 7 heteroatoms. The third-order valence-corrected chi connectivity index (χ3v) is 2.52. The number of amides is 1. The van der Waals surface area contributed by atoms with Crippen molar-refractivity contribution in [2.45, 2.75) is 32.9 Å². The zero-order valence-electron chi connectivity index (χ0n) is 12.8. The van der Waals surface area contributed by atoms with Gasteiger partial charge >= 0.3 is 6.09 Å². The summed E-state index contributed by atoms with van der Waals surface area (Å²) in [5.74, 6) is 0.954. The van der Waals surface area contributed by atoms with Gasteiger partial charge in [0.05, 0.1) is 0 Å².